The predicted molar refractivity (Wildman–Crippen MR) is 59.3 cm³/mol. The van der Waals surface area contributed by atoms with E-state index in [4.69, 9.17) is 69.6 Å². The Kier molecular flexibility index (Phi) is 2.53. The lowest BCUT2D eigenvalue weighted by Gasteiger charge is -2.34. The minimum Gasteiger partial charge on any atom is -0.119 e. The van der Waals surface area contributed by atoms with Crippen LogP contribution in [0.3, 0.4) is 0 Å². The number of allylic oxidation sites excluding steroid dienone is 2. The lowest BCUT2D eigenvalue weighted by atomic mass is 10.1. The summed E-state index contributed by atoms with van der Waals surface area (Å²) in [5.41, 5.74) is 0. The fraction of sp³-hybridized carbons (Fsp3) is 0.571. The highest BCUT2D eigenvalue weighted by atomic mass is 35.5. The van der Waals surface area contributed by atoms with Gasteiger partial charge in [-0.2, -0.15) is 0 Å². The van der Waals surface area contributed by atoms with E-state index in [0.717, 1.165) is 5.92 Å². The lowest BCUT2D eigenvalue weighted by Crippen LogP contribution is -2.43. The average Bonchev–Trinajstić information content (AvgIpc) is 2.37. The molecular weight excluding hydrogens is 297 g/mol. The third kappa shape index (κ3) is 1.14. The van der Waals surface area contributed by atoms with Crippen molar-refractivity contribution >= 4 is 69.6 Å². The highest BCUT2D eigenvalue weighted by molar-refractivity contribution is 6.62. The van der Waals surface area contributed by atoms with Crippen molar-refractivity contribution in [2.75, 3.05) is 0 Å². The van der Waals surface area contributed by atoms with Crippen LogP contribution in [0, 0.1) is 5.92 Å². The van der Waals surface area contributed by atoms with Crippen LogP contribution in [-0.4, -0.2) is 14.6 Å². The van der Waals surface area contributed by atoms with Gasteiger partial charge in [0.1, 0.15) is 4.87 Å². The maximum absolute atomic E-state index is 6.19. The first-order chi connectivity index (χ1) is 5.82. The summed E-state index contributed by atoms with van der Waals surface area (Å²) in [6, 6.07) is 0. The standard InChI is InChI=1S/C7H3Cl6/c8-3-2-1-6(11,5(3)10)7(12,13)4(2)9/h4H,1H2. The summed E-state index contributed by atoms with van der Waals surface area (Å²) in [6.45, 7) is 0. The second-order valence-electron chi connectivity index (χ2n) is 3.12. The third-order valence-corrected chi connectivity index (χ3v) is 6.26. The van der Waals surface area contributed by atoms with E-state index in [-0.39, 0.29) is 0 Å². The van der Waals surface area contributed by atoms with Gasteiger partial charge in [-0.1, -0.05) is 46.4 Å². The summed E-state index contributed by atoms with van der Waals surface area (Å²) in [4.78, 5) is -1.05. The van der Waals surface area contributed by atoms with Crippen LogP contribution in [0.15, 0.2) is 10.1 Å². The zero-order chi connectivity index (χ0) is 10.0. The second-order valence-corrected chi connectivity index (χ2v) is 6.34. The molecule has 0 N–H and O–H groups in total. The van der Waals surface area contributed by atoms with Crippen LogP contribution in [0.4, 0.5) is 0 Å². The molecular formula is C7H3Cl6. The minimum absolute atomic E-state index is 0.299. The first kappa shape index (κ1) is 11.0. The molecule has 0 nitrogen and oxygen atoms in total. The smallest absolute Gasteiger partial charge is 0.119 e. The molecule has 2 bridgehead atoms. The summed E-state index contributed by atoms with van der Waals surface area (Å²) in [6.07, 6.45) is 0.424. The Morgan fingerprint density at radius 1 is 1.15 bits per heavy atom. The van der Waals surface area contributed by atoms with Crippen molar-refractivity contribution < 1.29 is 0 Å². The summed E-state index contributed by atoms with van der Waals surface area (Å²) in [5, 5.41) is 0.143. The van der Waals surface area contributed by atoms with Gasteiger partial charge in [-0.25, -0.2) is 0 Å². The van der Waals surface area contributed by atoms with E-state index < -0.39 is 14.6 Å². The molecule has 73 valence electrons. The van der Waals surface area contributed by atoms with Gasteiger partial charge in [-0.3, -0.25) is 0 Å². The van der Waals surface area contributed by atoms with Gasteiger partial charge in [0, 0.05) is 11.0 Å². The van der Waals surface area contributed by atoms with Crippen LogP contribution in [0.5, 0.6) is 0 Å². The van der Waals surface area contributed by atoms with Crippen LogP contribution in [0.1, 0.15) is 6.42 Å². The Bertz CT molecular complexity index is 295. The molecule has 0 heterocycles. The quantitative estimate of drug-likeness (QED) is 0.581. The van der Waals surface area contributed by atoms with Gasteiger partial charge in [-0.05, 0) is 6.42 Å². The lowest BCUT2D eigenvalue weighted by molar-refractivity contribution is 0.685. The molecule has 6 heteroatoms. The molecule has 0 saturated heterocycles. The van der Waals surface area contributed by atoms with Crippen molar-refractivity contribution in [1.29, 1.82) is 0 Å². The van der Waals surface area contributed by atoms with Crippen molar-refractivity contribution in [2.45, 2.75) is 21.0 Å². The summed E-state index contributed by atoms with van der Waals surface area (Å²) < 4.78 is -1.28. The van der Waals surface area contributed by atoms with Gasteiger partial charge < -0.3 is 0 Å². The van der Waals surface area contributed by atoms with Crippen LogP contribution in [0.2, 0.25) is 0 Å². The molecule has 1 fully saturated rings. The molecule has 1 radical (unpaired) electrons. The molecule has 0 aromatic carbocycles. The number of hydrogen-bond acceptors (Lipinski definition) is 0. The molecule has 2 aliphatic rings. The Morgan fingerprint density at radius 3 is 2.08 bits per heavy atom. The van der Waals surface area contributed by atoms with Crippen molar-refractivity contribution in [3.8, 4) is 0 Å². The number of halogens is 6. The SMILES string of the molecule is ClC1=C(Cl)C2(Cl)C[C]1C(Cl)C2(Cl)Cl. The average molecular weight is 300 g/mol. The zero-order valence-corrected chi connectivity index (χ0v) is 10.6. The topological polar surface area (TPSA) is 0 Å². The Balaban J connectivity index is 2.57. The van der Waals surface area contributed by atoms with E-state index in [1.54, 1.807) is 0 Å². The number of rotatable bonds is 0. The van der Waals surface area contributed by atoms with E-state index in [0.29, 0.717) is 16.5 Å². The molecule has 0 amide bonds. The van der Waals surface area contributed by atoms with Crippen LogP contribution >= 0.6 is 69.6 Å². The number of hydrogen-bond donors (Lipinski definition) is 0. The molecule has 0 spiro atoms. The first-order valence-electron chi connectivity index (χ1n) is 3.45. The molecule has 0 aliphatic heterocycles. The van der Waals surface area contributed by atoms with E-state index >= 15 is 0 Å². The molecule has 13 heavy (non-hydrogen) atoms. The van der Waals surface area contributed by atoms with E-state index in [1.165, 1.54) is 0 Å². The largest absolute Gasteiger partial charge is 0.159 e. The molecule has 2 unspecified atom stereocenters. The molecule has 1 saturated carbocycles. The Morgan fingerprint density at radius 2 is 1.69 bits per heavy atom. The van der Waals surface area contributed by atoms with Crippen molar-refractivity contribution in [3.05, 3.63) is 16.0 Å². The van der Waals surface area contributed by atoms with Gasteiger partial charge in [0.15, 0.2) is 4.33 Å². The van der Waals surface area contributed by atoms with Crippen LogP contribution in [-0.2, 0) is 0 Å². The maximum atomic E-state index is 6.19. The predicted octanol–water partition coefficient (Wildman–Crippen LogP) is 4.43. The van der Waals surface area contributed by atoms with Crippen LogP contribution in [0.25, 0.3) is 0 Å². The fourth-order valence-corrected chi connectivity index (χ4v) is 3.85. The summed E-state index contributed by atoms with van der Waals surface area (Å²) in [7, 11) is 0. The highest BCUT2D eigenvalue weighted by Gasteiger charge is 2.69. The number of fused-ring (bicyclic) bond motifs is 2. The van der Waals surface area contributed by atoms with E-state index in [2.05, 4.69) is 0 Å². The highest BCUT2D eigenvalue weighted by Crippen LogP contribution is 2.68. The van der Waals surface area contributed by atoms with Gasteiger partial charge in [-0.15, -0.1) is 23.2 Å². The summed E-state index contributed by atoms with van der Waals surface area (Å²) >= 11 is 36.0. The van der Waals surface area contributed by atoms with Gasteiger partial charge >= 0.3 is 0 Å². The first-order valence-corrected chi connectivity index (χ1v) is 5.77. The molecule has 2 atom stereocenters. The van der Waals surface area contributed by atoms with Crippen molar-refractivity contribution in [3.63, 3.8) is 0 Å². The van der Waals surface area contributed by atoms with Gasteiger partial charge in [0.05, 0.1) is 10.4 Å². The normalized spacial score (nSPS) is 43.4. The van der Waals surface area contributed by atoms with Crippen molar-refractivity contribution in [2.24, 2.45) is 0 Å². The minimum atomic E-state index is -1.28. The molecule has 0 aromatic heterocycles. The third-order valence-electron chi connectivity index (χ3n) is 2.41. The monoisotopic (exact) mass is 297 g/mol. The van der Waals surface area contributed by atoms with Gasteiger partial charge in [0.25, 0.3) is 0 Å². The second kappa shape index (κ2) is 2.99. The Labute approximate surface area is 106 Å². The molecule has 2 aliphatic carbocycles. The Hall–Kier alpha value is 1.48. The van der Waals surface area contributed by atoms with Gasteiger partial charge in [0.2, 0.25) is 0 Å². The van der Waals surface area contributed by atoms with Crippen molar-refractivity contribution in [1.82, 2.24) is 0 Å². The molecule has 0 aromatic rings. The fourth-order valence-electron chi connectivity index (χ4n) is 1.62. The zero-order valence-electron chi connectivity index (χ0n) is 6.05. The van der Waals surface area contributed by atoms with E-state index in [9.17, 15) is 0 Å². The summed E-state index contributed by atoms with van der Waals surface area (Å²) in [5.74, 6) is 0.730. The number of alkyl halides is 4. The molecule has 2 rings (SSSR count). The maximum Gasteiger partial charge on any atom is 0.159 e. The van der Waals surface area contributed by atoms with E-state index in [1.807, 2.05) is 0 Å². The van der Waals surface area contributed by atoms with Crippen LogP contribution < -0.4 is 0 Å².